The molecule has 0 aromatic carbocycles. The fourth-order valence-corrected chi connectivity index (χ4v) is 1.50. The van der Waals surface area contributed by atoms with Crippen LogP contribution >= 0.6 is 0 Å². The Morgan fingerprint density at radius 2 is 1.88 bits per heavy atom. The topological polar surface area (TPSA) is 42.9 Å². The number of carbonyl (C=O) groups is 1. The van der Waals surface area contributed by atoms with Gasteiger partial charge in [0.2, 0.25) is 0 Å². The summed E-state index contributed by atoms with van der Waals surface area (Å²) < 4.78 is 0. The molecule has 0 saturated heterocycles. The molecule has 3 heteroatoms. The van der Waals surface area contributed by atoms with Crippen LogP contribution in [0.15, 0.2) is 48.9 Å². The van der Waals surface area contributed by atoms with Gasteiger partial charge in [-0.1, -0.05) is 6.07 Å². The Balaban J connectivity index is 2.44. The molecular formula is C14H12N2O. The van der Waals surface area contributed by atoms with Gasteiger partial charge in [0, 0.05) is 24.2 Å². The zero-order valence-corrected chi connectivity index (χ0v) is 9.50. The van der Waals surface area contributed by atoms with Crippen LogP contribution in [-0.4, -0.2) is 15.8 Å². The number of allylic oxidation sites excluding steroid dienone is 1. The van der Waals surface area contributed by atoms with E-state index in [1.165, 1.54) is 0 Å². The Hall–Kier alpha value is -2.29. The first-order chi connectivity index (χ1) is 8.27. The molecule has 0 atom stereocenters. The van der Waals surface area contributed by atoms with Crippen LogP contribution in [0.1, 0.15) is 18.2 Å². The van der Waals surface area contributed by atoms with Crippen LogP contribution in [0.5, 0.6) is 0 Å². The summed E-state index contributed by atoms with van der Waals surface area (Å²) in [5.74, 6) is 0.000474. The Kier molecular flexibility index (Phi) is 3.40. The smallest absolute Gasteiger partial charge is 0.161 e. The summed E-state index contributed by atoms with van der Waals surface area (Å²) in [6, 6.07) is 9.23. The molecular weight excluding hydrogens is 212 g/mol. The zero-order valence-electron chi connectivity index (χ0n) is 9.50. The Morgan fingerprint density at radius 3 is 2.47 bits per heavy atom. The van der Waals surface area contributed by atoms with Crippen LogP contribution in [-0.2, 0) is 4.79 Å². The molecule has 2 aromatic rings. The number of aromatic nitrogens is 2. The van der Waals surface area contributed by atoms with Crippen LogP contribution in [0.2, 0.25) is 0 Å². The molecule has 0 spiro atoms. The number of pyridine rings is 2. The minimum Gasteiger partial charge on any atom is -0.294 e. The van der Waals surface area contributed by atoms with Crippen molar-refractivity contribution in [2.45, 2.75) is 6.92 Å². The number of Topliss-reactive ketones (excluding diaryl/α,β-unsaturated/α-hetero) is 1. The SMILES string of the molecule is CC(=O)/C(=C/c1ccncc1)c1ccccn1. The largest absolute Gasteiger partial charge is 0.294 e. The summed E-state index contributed by atoms with van der Waals surface area (Å²) >= 11 is 0. The fraction of sp³-hybridized carbons (Fsp3) is 0.0714. The van der Waals surface area contributed by atoms with E-state index in [0.29, 0.717) is 11.3 Å². The van der Waals surface area contributed by atoms with E-state index in [2.05, 4.69) is 9.97 Å². The molecule has 0 bridgehead atoms. The van der Waals surface area contributed by atoms with Crippen LogP contribution in [0.3, 0.4) is 0 Å². The maximum absolute atomic E-state index is 11.6. The van der Waals surface area contributed by atoms with Crippen molar-refractivity contribution in [1.29, 1.82) is 0 Å². The van der Waals surface area contributed by atoms with Gasteiger partial charge in [-0.25, -0.2) is 0 Å². The third-order valence-electron chi connectivity index (χ3n) is 2.34. The molecule has 3 nitrogen and oxygen atoms in total. The van der Waals surface area contributed by atoms with Gasteiger partial charge in [-0.05, 0) is 42.8 Å². The molecule has 2 aromatic heterocycles. The molecule has 84 valence electrons. The highest BCUT2D eigenvalue weighted by Crippen LogP contribution is 2.16. The standard InChI is InChI=1S/C14H12N2O/c1-11(17)13(14-4-2-3-7-16-14)10-12-5-8-15-9-6-12/h2-10H,1H3/b13-10-. The van der Waals surface area contributed by atoms with E-state index in [1.54, 1.807) is 25.5 Å². The van der Waals surface area contributed by atoms with E-state index >= 15 is 0 Å². The molecule has 0 aliphatic rings. The fourth-order valence-electron chi connectivity index (χ4n) is 1.50. The van der Waals surface area contributed by atoms with Gasteiger partial charge in [0.05, 0.1) is 5.69 Å². The summed E-state index contributed by atoms with van der Waals surface area (Å²) in [6.07, 6.45) is 6.90. The lowest BCUT2D eigenvalue weighted by molar-refractivity contribution is -0.111. The van der Waals surface area contributed by atoms with Gasteiger partial charge in [-0.2, -0.15) is 0 Å². The van der Waals surface area contributed by atoms with Gasteiger partial charge >= 0.3 is 0 Å². The van der Waals surface area contributed by atoms with E-state index in [4.69, 9.17) is 0 Å². The molecule has 17 heavy (non-hydrogen) atoms. The quantitative estimate of drug-likeness (QED) is 0.752. The van der Waals surface area contributed by atoms with Crippen molar-refractivity contribution in [3.63, 3.8) is 0 Å². The summed E-state index contributed by atoms with van der Waals surface area (Å²) in [5, 5.41) is 0. The molecule has 0 N–H and O–H groups in total. The van der Waals surface area contributed by atoms with Crippen molar-refractivity contribution in [3.8, 4) is 0 Å². The predicted molar refractivity (Wildman–Crippen MR) is 67.0 cm³/mol. The lowest BCUT2D eigenvalue weighted by Gasteiger charge is -2.02. The van der Waals surface area contributed by atoms with E-state index in [1.807, 2.05) is 36.4 Å². The maximum atomic E-state index is 11.6. The second-order valence-electron chi connectivity index (χ2n) is 3.61. The molecule has 0 radical (unpaired) electrons. The molecule has 2 heterocycles. The Morgan fingerprint density at radius 1 is 1.12 bits per heavy atom. The van der Waals surface area contributed by atoms with Gasteiger partial charge in [-0.3, -0.25) is 14.8 Å². The van der Waals surface area contributed by atoms with Crippen molar-refractivity contribution in [2.24, 2.45) is 0 Å². The zero-order chi connectivity index (χ0) is 12.1. The van der Waals surface area contributed by atoms with Gasteiger partial charge < -0.3 is 0 Å². The summed E-state index contributed by atoms with van der Waals surface area (Å²) in [7, 11) is 0. The monoisotopic (exact) mass is 224 g/mol. The van der Waals surface area contributed by atoms with Crippen molar-refractivity contribution >= 4 is 17.4 Å². The van der Waals surface area contributed by atoms with E-state index in [9.17, 15) is 4.79 Å². The van der Waals surface area contributed by atoms with Gasteiger partial charge in [0.15, 0.2) is 5.78 Å². The summed E-state index contributed by atoms with van der Waals surface area (Å²) in [4.78, 5) is 19.8. The number of rotatable bonds is 3. The molecule has 0 amide bonds. The second-order valence-corrected chi connectivity index (χ2v) is 3.61. The third-order valence-corrected chi connectivity index (χ3v) is 2.34. The van der Waals surface area contributed by atoms with Crippen LogP contribution < -0.4 is 0 Å². The van der Waals surface area contributed by atoms with Crippen LogP contribution in [0.4, 0.5) is 0 Å². The van der Waals surface area contributed by atoms with Crippen molar-refractivity contribution < 1.29 is 4.79 Å². The minimum atomic E-state index is 0.000474. The average Bonchev–Trinajstić information content (AvgIpc) is 2.38. The van der Waals surface area contributed by atoms with E-state index < -0.39 is 0 Å². The summed E-state index contributed by atoms with van der Waals surface area (Å²) in [6.45, 7) is 1.54. The molecule has 0 saturated carbocycles. The van der Waals surface area contributed by atoms with Gasteiger partial charge in [0.25, 0.3) is 0 Å². The average molecular weight is 224 g/mol. The lowest BCUT2D eigenvalue weighted by atomic mass is 10.0. The van der Waals surface area contributed by atoms with Gasteiger partial charge in [-0.15, -0.1) is 0 Å². The molecule has 0 fully saturated rings. The van der Waals surface area contributed by atoms with Crippen molar-refractivity contribution in [2.75, 3.05) is 0 Å². The minimum absolute atomic E-state index is 0.000474. The Bertz CT molecular complexity index is 533. The van der Waals surface area contributed by atoms with E-state index in [-0.39, 0.29) is 5.78 Å². The van der Waals surface area contributed by atoms with Crippen molar-refractivity contribution in [3.05, 3.63) is 60.2 Å². The third kappa shape index (κ3) is 2.84. The first-order valence-corrected chi connectivity index (χ1v) is 5.31. The lowest BCUT2D eigenvalue weighted by Crippen LogP contribution is -1.98. The molecule has 0 aliphatic heterocycles. The first-order valence-electron chi connectivity index (χ1n) is 5.31. The highest BCUT2D eigenvalue weighted by Gasteiger charge is 2.07. The number of hydrogen-bond donors (Lipinski definition) is 0. The number of ketones is 1. The maximum Gasteiger partial charge on any atom is 0.161 e. The molecule has 0 aliphatic carbocycles. The first kappa shape index (κ1) is 11.2. The van der Waals surface area contributed by atoms with Gasteiger partial charge in [0.1, 0.15) is 0 Å². The number of nitrogens with zero attached hydrogens (tertiary/aromatic N) is 2. The van der Waals surface area contributed by atoms with Crippen LogP contribution in [0.25, 0.3) is 11.6 Å². The number of hydrogen-bond acceptors (Lipinski definition) is 3. The van der Waals surface area contributed by atoms with Crippen molar-refractivity contribution in [1.82, 2.24) is 9.97 Å². The summed E-state index contributed by atoms with van der Waals surface area (Å²) in [5.41, 5.74) is 2.24. The van der Waals surface area contributed by atoms with Crippen LogP contribution in [0, 0.1) is 0 Å². The second kappa shape index (κ2) is 5.16. The number of carbonyl (C=O) groups excluding carboxylic acids is 1. The molecule has 0 unspecified atom stereocenters. The highest BCUT2D eigenvalue weighted by molar-refractivity contribution is 6.23. The normalized spacial score (nSPS) is 11.2. The Labute approximate surface area is 99.9 Å². The van der Waals surface area contributed by atoms with E-state index in [0.717, 1.165) is 5.56 Å². The highest BCUT2D eigenvalue weighted by atomic mass is 16.1. The predicted octanol–water partition coefficient (Wildman–Crippen LogP) is 2.61. The molecule has 2 rings (SSSR count).